The van der Waals surface area contributed by atoms with Gasteiger partial charge in [-0.05, 0) is 11.6 Å². The van der Waals surface area contributed by atoms with Crippen molar-refractivity contribution in [2.24, 2.45) is 0 Å². The maximum absolute atomic E-state index is 10.4. The fraction of sp³-hybridized carbons (Fsp3) is 0.182. The molecule has 0 unspecified atom stereocenters. The second-order valence-electron chi connectivity index (χ2n) is 3.57. The van der Waals surface area contributed by atoms with Crippen LogP contribution in [0.4, 0.5) is 0 Å². The van der Waals surface area contributed by atoms with Crippen LogP contribution in [0.25, 0.3) is 11.4 Å². The Hall–Kier alpha value is -2.41. The number of hydrogen-bond donors (Lipinski definition) is 2. The number of nitrogens with zero attached hydrogens (tertiary/aromatic N) is 4. The zero-order valence-corrected chi connectivity index (χ0v) is 9.45. The summed E-state index contributed by atoms with van der Waals surface area (Å²) < 4.78 is 0. The quantitative estimate of drug-likeness (QED) is 0.770. The van der Waals surface area contributed by atoms with Gasteiger partial charge in [0.1, 0.15) is 0 Å². The Kier molecular flexibility index (Phi) is 3.87. The summed E-state index contributed by atoms with van der Waals surface area (Å²) in [6.07, 6.45) is 1.27. The van der Waals surface area contributed by atoms with Crippen molar-refractivity contribution in [3.8, 4) is 11.4 Å². The van der Waals surface area contributed by atoms with Gasteiger partial charge in [0, 0.05) is 12.1 Å². The lowest BCUT2D eigenvalue weighted by Gasteiger charge is -2.04. The molecular formula is C11H11N5O2. The molecule has 0 fully saturated rings. The van der Waals surface area contributed by atoms with E-state index in [9.17, 15) is 4.79 Å². The topological polar surface area (TPSA) is 101 Å². The summed E-state index contributed by atoms with van der Waals surface area (Å²) in [7, 11) is 0. The number of aliphatic carboxylic acids is 1. The Morgan fingerprint density at radius 1 is 1.28 bits per heavy atom. The highest BCUT2D eigenvalue weighted by Crippen LogP contribution is 2.14. The standard InChI is InChI=1S/C11H11N5O2/c17-10(18)6-12-5-8-2-1-3-9(4-8)11-15-13-7-14-16-11/h1-4,7,12H,5-6H2,(H,17,18). The van der Waals surface area contributed by atoms with Crippen molar-refractivity contribution < 1.29 is 9.90 Å². The monoisotopic (exact) mass is 245 g/mol. The Bertz CT molecular complexity index is 532. The smallest absolute Gasteiger partial charge is 0.317 e. The number of rotatable bonds is 5. The molecule has 0 amide bonds. The number of nitrogens with one attached hydrogen (secondary N) is 1. The normalized spacial score (nSPS) is 10.2. The molecule has 0 aliphatic heterocycles. The molecule has 92 valence electrons. The molecule has 0 aliphatic rings. The van der Waals surface area contributed by atoms with Crippen LogP contribution in [0, 0.1) is 0 Å². The third-order valence-corrected chi connectivity index (χ3v) is 2.20. The van der Waals surface area contributed by atoms with Gasteiger partial charge >= 0.3 is 5.97 Å². The molecule has 0 saturated heterocycles. The largest absolute Gasteiger partial charge is 0.480 e. The lowest BCUT2D eigenvalue weighted by Crippen LogP contribution is -2.21. The minimum absolute atomic E-state index is 0.0742. The van der Waals surface area contributed by atoms with Gasteiger partial charge in [-0.25, -0.2) is 0 Å². The van der Waals surface area contributed by atoms with Crippen molar-refractivity contribution in [2.45, 2.75) is 6.54 Å². The van der Waals surface area contributed by atoms with Crippen LogP contribution in [0.3, 0.4) is 0 Å². The predicted octanol–water partition coefficient (Wildman–Crippen LogP) is 0.108. The highest BCUT2D eigenvalue weighted by molar-refractivity contribution is 5.69. The van der Waals surface area contributed by atoms with E-state index >= 15 is 0 Å². The predicted molar refractivity (Wildman–Crippen MR) is 62.4 cm³/mol. The van der Waals surface area contributed by atoms with Crippen molar-refractivity contribution in [3.05, 3.63) is 36.2 Å². The van der Waals surface area contributed by atoms with Gasteiger partial charge < -0.3 is 10.4 Å². The highest BCUT2D eigenvalue weighted by Gasteiger charge is 2.03. The first kappa shape index (κ1) is 12.1. The molecule has 1 aromatic carbocycles. The molecule has 0 saturated carbocycles. The van der Waals surface area contributed by atoms with Crippen LogP contribution in [-0.2, 0) is 11.3 Å². The molecule has 2 aromatic rings. The summed E-state index contributed by atoms with van der Waals surface area (Å²) in [6, 6.07) is 7.46. The zero-order valence-electron chi connectivity index (χ0n) is 9.45. The maximum Gasteiger partial charge on any atom is 0.317 e. The maximum atomic E-state index is 10.4. The van der Waals surface area contributed by atoms with Crippen molar-refractivity contribution in [1.82, 2.24) is 25.7 Å². The number of benzene rings is 1. The van der Waals surface area contributed by atoms with Crippen molar-refractivity contribution in [2.75, 3.05) is 6.54 Å². The number of aromatic nitrogens is 4. The number of hydrogen-bond acceptors (Lipinski definition) is 6. The summed E-state index contributed by atoms with van der Waals surface area (Å²) in [5, 5.41) is 26.4. The molecule has 0 radical (unpaired) electrons. The fourth-order valence-electron chi connectivity index (χ4n) is 1.45. The molecule has 1 heterocycles. The minimum Gasteiger partial charge on any atom is -0.480 e. The number of carboxylic acids is 1. The van der Waals surface area contributed by atoms with Gasteiger partial charge in [0.25, 0.3) is 0 Å². The van der Waals surface area contributed by atoms with E-state index in [1.54, 1.807) is 0 Å². The third-order valence-electron chi connectivity index (χ3n) is 2.20. The molecule has 0 spiro atoms. The van der Waals surface area contributed by atoms with Crippen LogP contribution in [0.15, 0.2) is 30.6 Å². The van der Waals surface area contributed by atoms with Gasteiger partial charge in [-0.2, -0.15) is 0 Å². The van der Waals surface area contributed by atoms with Gasteiger partial charge in [0.2, 0.25) is 5.82 Å². The second kappa shape index (κ2) is 5.78. The summed E-state index contributed by atoms with van der Waals surface area (Å²) in [5.41, 5.74) is 1.74. The molecule has 7 nitrogen and oxygen atoms in total. The van der Waals surface area contributed by atoms with E-state index in [0.717, 1.165) is 11.1 Å². The zero-order chi connectivity index (χ0) is 12.8. The first-order chi connectivity index (χ1) is 8.75. The van der Waals surface area contributed by atoms with E-state index in [1.165, 1.54) is 6.33 Å². The van der Waals surface area contributed by atoms with E-state index in [4.69, 9.17) is 5.11 Å². The molecule has 1 aromatic heterocycles. The average molecular weight is 245 g/mol. The van der Waals surface area contributed by atoms with Crippen LogP contribution in [0.1, 0.15) is 5.56 Å². The van der Waals surface area contributed by atoms with E-state index in [1.807, 2.05) is 24.3 Å². The van der Waals surface area contributed by atoms with E-state index in [-0.39, 0.29) is 6.54 Å². The Balaban J connectivity index is 2.08. The van der Waals surface area contributed by atoms with Gasteiger partial charge in [0.15, 0.2) is 6.33 Å². The molecule has 2 rings (SSSR count). The van der Waals surface area contributed by atoms with Crippen LogP contribution in [-0.4, -0.2) is 38.0 Å². The molecule has 7 heteroatoms. The van der Waals surface area contributed by atoms with Gasteiger partial charge in [-0.3, -0.25) is 4.79 Å². The molecule has 18 heavy (non-hydrogen) atoms. The van der Waals surface area contributed by atoms with Gasteiger partial charge in [-0.15, -0.1) is 20.4 Å². The Morgan fingerprint density at radius 3 is 2.78 bits per heavy atom. The Labute approximate surface area is 103 Å². The lowest BCUT2D eigenvalue weighted by molar-refractivity contribution is -0.135. The van der Waals surface area contributed by atoms with Crippen molar-refractivity contribution in [3.63, 3.8) is 0 Å². The molecule has 0 atom stereocenters. The summed E-state index contributed by atoms with van der Waals surface area (Å²) >= 11 is 0. The molecular weight excluding hydrogens is 234 g/mol. The van der Waals surface area contributed by atoms with Crippen LogP contribution < -0.4 is 5.32 Å². The first-order valence-corrected chi connectivity index (χ1v) is 5.28. The van der Waals surface area contributed by atoms with E-state index < -0.39 is 5.97 Å². The lowest BCUT2D eigenvalue weighted by atomic mass is 10.1. The molecule has 0 bridgehead atoms. The molecule has 2 N–H and O–H groups in total. The van der Waals surface area contributed by atoms with E-state index in [0.29, 0.717) is 12.4 Å². The minimum atomic E-state index is -0.883. The van der Waals surface area contributed by atoms with Crippen LogP contribution in [0.5, 0.6) is 0 Å². The van der Waals surface area contributed by atoms with Gasteiger partial charge in [0.05, 0.1) is 6.54 Å². The third kappa shape index (κ3) is 3.29. The second-order valence-corrected chi connectivity index (χ2v) is 3.57. The van der Waals surface area contributed by atoms with Crippen molar-refractivity contribution in [1.29, 1.82) is 0 Å². The highest BCUT2D eigenvalue weighted by atomic mass is 16.4. The van der Waals surface area contributed by atoms with Crippen molar-refractivity contribution >= 4 is 5.97 Å². The number of carboxylic acid groups (broad SMARTS) is 1. The summed E-state index contributed by atoms with van der Waals surface area (Å²) in [5.74, 6) is -0.441. The summed E-state index contributed by atoms with van der Waals surface area (Å²) in [4.78, 5) is 10.4. The SMILES string of the molecule is O=C(O)CNCc1cccc(-c2nncnn2)c1. The van der Waals surface area contributed by atoms with Crippen LogP contribution >= 0.6 is 0 Å². The number of carbonyl (C=O) groups is 1. The summed E-state index contributed by atoms with van der Waals surface area (Å²) in [6.45, 7) is 0.392. The Morgan fingerprint density at radius 2 is 2.06 bits per heavy atom. The van der Waals surface area contributed by atoms with Crippen LogP contribution in [0.2, 0.25) is 0 Å². The average Bonchev–Trinajstić information content (AvgIpc) is 2.40. The fourth-order valence-corrected chi connectivity index (χ4v) is 1.45. The van der Waals surface area contributed by atoms with Gasteiger partial charge in [-0.1, -0.05) is 18.2 Å². The van der Waals surface area contributed by atoms with E-state index in [2.05, 4.69) is 25.7 Å². The first-order valence-electron chi connectivity index (χ1n) is 5.28. The molecule has 0 aliphatic carbocycles.